The van der Waals surface area contributed by atoms with Crippen molar-refractivity contribution in [2.45, 2.75) is 13.3 Å². The first-order valence-corrected chi connectivity index (χ1v) is 13.4. The SMILES string of the molecule is CCNC(=O)Nc1nc2c(F)c(-c3cnc(N4CCN(CCC(=O)O)CC4)nc3)cc(-c3ccccn3)c2s1. The summed E-state index contributed by atoms with van der Waals surface area (Å²) in [6.45, 7) is 5.54. The molecule has 1 aliphatic rings. The van der Waals surface area contributed by atoms with Crippen LogP contribution in [0.5, 0.6) is 0 Å². The highest BCUT2D eigenvalue weighted by atomic mass is 32.1. The topological polar surface area (TPSA) is 136 Å². The number of thiazole rings is 1. The lowest BCUT2D eigenvalue weighted by Gasteiger charge is -2.34. The number of fused-ring (bicyclic) bond motifs is 1. The van der Waals surface area contributed by atoms with Gasteiger partial charge in [0.25, 0.3) is 0 Å². The zero-order chi connectivity index (χ0) is 27.4. The van der Waals surface area contributed by atoms with Gasteiger partial charge in [-0.3, -0.25) is 20.0 Å². The molecule has 1 fully saturated rings. The summed E-state index contributed by atoms with van der Waals surface area (Å²) in [6, 6.07) is 6.79. The molecular weight excluding hydrogens is 523 g/mol. The van der Waals surface area contributed by atoms with Gasteiger partial charge in [-0.2, -0.15) is 0 Å². The first-order chi connectivity index (χ1) is 18.9. The smallest absolute Gasteiger partial charge is 0.321 e. The Morgan fingerprint density at radius 1 is 1.10 bits per heavy atom. The fourth-order valence-electron chi connectivity index (χ4n) is 4.38. The third-order valence-corrected chi connectivity index (χ3v) is 7.35. The Bertz CT molecular complexity index is 1470. The van der Waals surface area contributed by atoms with Crippen molar-refractivity contribution in [2.24, 2.45) is 0 Å². The Kier molecular flexibility index (Phi) is 7.89. The molecular formula is C26H27FN8O3S. The number of rotatable bonds is 8. The minimum Gasteiger partial charge on any atom is -0.481 e. The molecule has 0 aliphatic carbocycles. The van der Waals surface area contributed by atoms with Gasteiger partial charge in [0, 0.05) is 74.5 Å². The van der Waals surface area contributed by atoms with Gasteiger partial charge in [0.2, 0.25) is 5.95 Å². The lowest BCUT2D eigenvalue weighted by atomic mass is 10.0. The maximum Gasteiger partial charge on any atom is 0.321 e. The maximum atomic E-state index is 15.9. The highest BCUT2D eigenvalue weighted by Crippen LogP contribution is 2.40. The molecule has 0 spiro atoms. The maximum absolute atomic E-state index is 15.9. The van der Waals surface area contributed by atoms with Crippen molar-refractivity contribution in [2.75, 3.05) is 49.5 Å². The van der Waals surface area contributed by atoms with E-state index in [-0.39, 0.29) is 22.6 Å². The van der Waals surface area contributed by atoms with Crippen LogP contribution in [0.1, 0.15) is 13.3 Å². The zero-order valence-electron chi connectivity index (χ0n) is 21.2. The minimum atomic E-state index is -0.805. The highest BCUT2D eigenvalue weighted by molar-refractivity contribution is 7.22. The van der Waals surface area contributed by atoms with Gasteiger partial charge in [-0.05, 0) is 25.1 Å². The van der Waals surface area contributed by atoms with E-state index >= 15 is 4.39 Å². The number of nitrogens with one attached hydrogen (secondary N) is 2. The van der Waals surface area contributed by atoms with Crippen molar-refractivity contribution in [3.63, 3.8) is 0 Å². The van der Waals surface area contributed by atoms with Crippen LogP contribution in [0.25, 0.3) is 32.6 Å². The van der Waals surface area contributed by atoms with Crippen LogP contribution in [0.15, 0.2) is 42.9 Å². The number of hydrogen-bond acceptors (Lipinski definition) is 9. The van der Waals surface area contributed by atoms with E-state index in [2.05, 4.69) is 35.5 Å². The van der Waals surface area contributed by atoms with Gasteiger partial charge in [-0.15, -0.1) is 0 Å². The molecule has 1 saturated heterocycles. The quantitative estimate of drug-likeness (QED) is 0.300. The van der Waals surface area contributed by atoms with Crippen LogP contribution in [0.2, 0.25) is 0 Å². The van der Waals surface area contributed by atoms with E-state index in [1.54, 1.807) is 37.6 Å². The number of carbonyl (C=O) groups is 2. The first-order valence-electron chi connectivity index (χ1n) is 12.5. The Labute approximate surface area is 227 Å². The van der Waals surface area contributed by atoms with E-state index in [9.17, 15) is 9.59 Å². The molecule has 39 heavy (non-hydrogen) atoms. The minimum absolute atomic E-state index is 0.115. The molecule has 3 aromatic heterocycles. The number of amides is 2. The van der Waals surface area contributed by atoms with Crippen molar-refractivity contribution >= 4 is 44.6 Å². The van der Waals surface area contributed by atoms with Crippen LogP contribution in [-0.2, 0) is 4.79 Å². The summed E-state index contributed by atoms with van der Waals surface area (Å²) < 4.78 is 16.4. The second-order valence-electron chi connectivity index (χ2n) is 8.93. The van der Waals surface area contributed by atoms with E-state index in [0.29, 0.717) is 66.7 Å². The number of carboxylic acids is 1. The predicted molar refractivity (Wildman–Crippen MR) is 147 cm³/mol. The second kappa shape index (κ2) is 11.7. The van der Waals surface area contributed by atoms with E-state index < -0.39 is 17.8 Å². The van der Waals surface area contributed by atoms with Gasteiger partial charge in [0.05, 0.1) is 16.8 Å². The Balaban J connectivity index is 1.44. The van der Waals surface area contributed by atoms with Gasteiger partial charge in [0.1, 0.15) is 5.52 Å². The molecule has 4 aromatic rings. The lowest BCUT2D eigenvalue weighted by Crippen LogP contribution is -2.47. The fraction of sp³-hybridized carbons (Fsp3) is 0.308. The molecule has 0 atom stereocenters. The van der Waals surface area contributed by atoms with Crippen molar-refractivity contribution in [1.82, 2.24) is 30.2 Å². The summed E-state index contributed by atoms with van der Waals surface area (Å²) in [5.41, 5.74) is 2.23. The number of nitrogens with zero attached hydrogens (tertiary/aromatic N) is 6. The molecule has 4 heterocycles. The summed E-state index contributed by atoms with van der Waals surface area (Å²) >= 11 is 1.18. The molecule has 3 N–H and O–H groups in total. The van der Waals surface area contributed by atoms with Gasteiger partial charge in [0.15, 0.2) is 10.9 Å². The molecule has 13 heteroatoms. The standard InChI is InChI=1S/C26H27FN8O3S/c1-2-28-25(38)33-26-32-22-21(27)17(13-18(23(22)39-26)19-5-3-4-7-29-19)16-14-30-24(31-15-16)35-11-9-34(10-12-35)8-6-20(36)37/h3-5,7,13-15H,2,6,8-12H2,1H3,(H,36,37)(H2,28,32,33,38). The molecule has 0 radical (unpaired) electrons. The third kappa shape index (κ3) is 5.94. The van der Waals surface area contributed by atoms with Crippen LogP contribution in [-0.4, -0.2) is 81.2 Å². The Morgan fingerprint density at radius 2 is 1.87 bits per heavy atom. The number of aromatic nitrogens is 4. The average Bonchev–Trinajstić information content (AvgIpc) is 3.37. The molecule has 2 amide bonds. The molecule has 0 saturated carbocycles. The highest BCUT2D eigenvalue weighted by Gasteiger charge is 2.22. The largest absolute Gasteiger partial charge is 0.481 e. The number of piperazine rings is 1. The molecule has 1 aromatic carbocycles. The van der Waals surface area contributed by atoms with Gasteiger partial charge in [-0.25, -0.2) is 24.1 Å². The molecule has 202 valence electrons. The number of benzene rings is 1. The monoisotopic (exact) mass is 550 g/mol. The predicted octanol–water partition coefficient (Wildman–Crippen LogP) is 3.69. The van der Waals surface area contributed by atoms with Gasteiger partial charge < -0.3 is 15.3 Å². The van der Waals surface area contributed by atoms with Crippen molar-refractivity contribution in [3.05, 3.63) is 48.7 Å². The zero-order valence-corrected chi connectivity index (χ0v) is 22.0. The summed E-state index contributed by atoms with van der Waals surface area (Å²) in [5.74, 6) is -0.807. The number of pyridine rings is 1. The number of halogens is 1. The second-order valence-corrected chi connectivity index (χ2v) is 9.93. The number of aliphatic carboxylic acids is 1. The molecule has 11 nitrogen and oxygen atoms in total. The van der Waals surface area contributed by atoms with Gasteiger partial charge in [-0.1, -0.05) is 17.4 Å². The lowest BCUT2D eigenvalue weighted by molar-refractivity contribution is -0.137. The number of anilines is 2. The van der Waals surface area contributed by atoms with Crippen molar-refractivity contribution < 1.29 is 19.1 Å². The van der Waals surface area contributed by atoms with Crippen LogP contribution in [0.4, 0.5) is 20.3 Å². The molecule has 1 aliphatic heterocycles. The normalized spacial score (nSPS) is 13.9. The number of carbonyl (C=O) groups excluding carboxylic acids is 1. The Hall–Kier alpha value is -4.23. The molecule has 0 unspecified atom stereocenters. The third-order valence-electron chi connectivity index (χ3n) is 6.35. The van der Waals surface area contributed by atoms with Crippen LogP contribution in [0.3, 0.4) is 0 Å². The van der Waals surface area contributed by atoms with Crippen molar-refractivity contribution in [1.29, 1.82) is 0 Å². The summed E-state index contributed by atoms with van der Waals surface area (Å²) in [5, 5.41) is 14.5. The van der Waals surface area contributed by atoms with E-state index in [1.165, 1.54) is 11.3 Å². The van der Waals surface area contributed by atoms with E-state index in [0.717, 1.165) is 0 Å². The van der Waals surface area contributed by atoms with Gasteiger partial charge >= 0.3 is 12.0 Å². The average molecular weight is 551 g/mol. The van der Waals surface area contributed by atoms with Crippen LogP contribution >= 0.6 is 11.3 Å². The Morgan fingerprint density at radius 3 is 2.54 bits per heavy atom. The summed E-state index contributed by atoms with van der Waals surface area (Å²) in [7, 11) is 0. The van der Waals surface area contributed by atoms with E-state index in [1.807, 2.05) is 17.0 Å². The van der Waals surface area contributed by atoms with Crippen LogP contribution in [0, 0.1) is 5.82 Å². The van der Waals surface area contributed by atoms with Crippen LogP contribution < -0.4 is 15.5 Å². The number of carboxylic acid groups (broad SMARTS) is 1. The molecule has 5 rings (SSSR count). The summed E-state index contributed by atoms with van der Waals surface area (Å²) in [6.07, 6.45) is 4.96. The number of hydrogen-bond donors (Lipinski definition) is 3. The summed E-state index contributed by atoms with van der Waals surface area (Å²) in [4.78, 5) is 44.9. The van der Waals surface area contributed by atoms with Crippen molar-refractivity contribution in [3.8, 4) is 22.4 Å². The fourth-order valence-corrected chi connectivity index (χ4v) is 5.36. The number of urea groups is 1. The first kappa shape index (κ1) is 26.4. The molecule has 0 bridgehead atoms. The van der Waals surface area contributed by atoms with E-state index in [4.69, 9.17) is 5.11 Å².